The number of hydrogen-bond acceptors (Lipinski definition) is 2. The highest BCUT2D eigenvalue weighted by atomic mass is 15.2. The van der Waals surface area contributed by atoms with Gasteiger partial charge in [-0.1, -0.05) is 42.5 Å². The topological polar surface area (TPSA) is 29.9 Å². The molecule has 0 bridgehead atoms. The second-order valence-electron chi connectivity index (χ2n) is 5.97. The van der Waals surface area contributed by atoms with Crippen LogP contribution in [0, 0.1) is 13.8 Å². The van der Waals surface area contributed by atoms with Crippen molar-refractivity contribution >= 4 is 22.7 Å². The molecule has 3 heteroatoms. The van der Waals surface area contributed by atoms with Gasteiger partial charge in [-0.3, -0.25) is 4.57 Å². The van der Waals surface area contributed by atoms with Crippen LogP contribution < -0.4 is 5.32 Å². The summed E-state index contributed by atoms with van der Waals surface area (Å²) in [7, 11) is 0. The molecule has 0 saturated heterocycles. The molecule has 3 aromatic carbocycles. The lowest BCUT2D eigenvalue weighted by Gasteiger charge is -2.11. The van der Waals surface area contributed by atoms with E-state index in [2.05, 4.69) is 60.1 Å². The molecule has 4 rings (SSSR count). The van der Waals surface area contributed by atoms with Crippen LogP contribution in [0.25, 0.3) is 16.7 Å². The molecule has 0 aliphatic rings. The van der Waals surface area contributed by atoms with E-state index < -0.39 is 0 Å². The third-order valence-electron chi connectivity index (χ3n) is 4.40. The van der Waals surface area contributed by atoms with Gasteiger partial charge in [0.1, 0.15) is 0 Å². The van der Waals surface area contributed by atoms with Gasteiger partial charge in [0.15, 0.2) is 0 Å². The Morgan fingerprint density at radius 1 is 0.792 bits per heavy atom. The van der Waals surface area contributed by atoms with E-state index in [1.165, 1.54) is 11.1 Å². The molecule has 0 saturated carbocycles. The molecule has 0 aliphatic heterocycles. The largest absolute Gasteiger partial charge is 0.325 e. The van der Waals surface area contributed by atoms with Crippen molar-refractivity contribution in [3.63, 3.8) is 0 Å². The number of hydrogen-bond donors (Lipinski definition) is 1. The van der Waals surface area contributed by atoms with Crippen LogP contribution in [0.2, 0.25) is 0 Å². The summed E-state index contributed by atoms with van der Waals surface area (Å²) in [4.78, 5) is 4.90. The van der Waals surface area contributed by atoms with E-state index in [-0.39, 0.29) is 0 Å². The molecular formula is C21H19N3. The molecule has 1 heterocycles. The van der Waals surface area contributed by atoms with E-state index in [4.69, 9.17) is 4.98 Å². The predicted molar refractivity (Wildman–Crippen MR) is 100 cm³/mol. The van der Waals surface area contributed by atoms with Gasteiger partial charge in [-0.2, -0.15) is 0 Å². The third kappa shape index (κ3) is 2.44. The average molecular weight is 313 g/mol. The van der Waals surface area contributed by atoms with Crippen LogP contribution in [0.5, 0.6) is 0 Å². The number of para-hydroxylation sites is 2. The molecule has 0 fully saturated rings. The van der Waals surface area contributed by atoms with Crippen molar-refractivity contribution in [3.05, 3.63) is 83.9 Å². The minimum absolute atomic E-state index is 0.830. The molecule has 0 aliphatic carbocycles. The molecule has 0 unspecified atom stereocenters. The molecule has 1 aromatic heterocycles. The Hall–Kier alpha value is -3.07. The maximum absolute atomic E-state index is 4.90. The highest BCUT2D eigenvalue weighted by Gasteiger charge is 2.15. The van der Waals surface area contributed by atoms with Crippen molar-refractivity contribution in [3.8, 4) is 5.69 Å². The summed E-state index contributed by atoms with van der Waals surface area (Å²) in [5.41, 5.74) is 6.76. The molecule has 1 N–H and O–H groups in total. The second-order valence-corrected chi connectivity index (χ2v) is 5.97. The third-order valence-corrected chi connectivity index (χ3v) is 4.40. The summed E-state index contributed by atoms with van der Waals surface area (Å²) in [5, 5.41) is 3.46. The molecule has 0 amide bonds. The van der Waals surface area contributed by atoms with Gasteiger partial charge in [-0.05, 0) is 55.3 Å². The molecule has 0 radical (unpaired) electrons. The summed E-state index contributed by atoms with van der Waals surface area (Å²) >= 11 is 0. The van der Waals surface area contributed by atoms with E-state index in [0.717, 1.165) is 28.4 Å². The van der Waals surface area contributed by atoms with E-state index >= 15 is 0 Å². The summed E-state index contributed by atoms with van der Waals surface area (Å²) in [6.45, 7) is 4.26. The van der Waals surface area contributed by atoms with Crippen LogP contribution in [-0.2, 0) is 0 Å². The van der Waals surface area contributed by atoms with Gasteiger partial charge < -0.3 is 5.32 Å². The van der Waals surface area contributed by atoms with Crippen molar-refractivity contribution in [2.45, 2.75) is 13.8 Å². The number of fused-ring (bicyclic) bond motifs is 1. The van der Waals surface area contributed by atoms with Crippen molar-refractivity contribution in [2.75, 3.05) is 5.32 Å². The predicted octanol–water partition coefficient (Wildman–Crippen LogP) is 5.39. The maximum Gasteiger partial charge on any atom is 0.213 e. The molecule has 4 aromatic rings. The van der Waals surface area contributed by atoms with Crippen LogP contribution in [0.1, 0.15) is 11.1 Å². The lowest BCUT2D eigenvalue weighted by Crippen LogP contribution is -2.01. The Labute approximate surface area is 141 Å². The Bertz CT molecular complexity index is 986. The Kier molecular flexibility index (Phi) is 3.54. The van der Waals surface area contributed by atoms with Crippen LogP contribution in [0.3, 0.4) is 0 Å². The van der Waals surface area contributed by atoms with E-state index in [1.54, 1.807) is 0 Å². The van der Waals surface area contributed by atoms with Crippen LogP contribution in [0.15, 0.2) is 72.8 Å². The fourth-order valence-electron chi connectivity index (χ4n) is 2.95. The monoisotopic (exact) mass is 313 g/mol. The second kappa shape index (κ2) is 5.85. The van der Waals surface area contributed by atoms with Crippen molar-refractivity contribution in [1.29, 1.82) is 0 Å². The smallest absolute Gasteiger partial charge is 0.213 e. The number of benzene rings is 3. The van der Waals surface area contributed by atoms with Gasteiger partial charge in [-0.25, -0.2) is 4.98 Å². The molecule has 24 heavy (non-hydrogen) atoms. The van der Waals surface area contributed by atoms with E-state index in [9.17, 15) is 0 Å². The molecule has 3 nitrogen and oxygen atoms in total. The number of anilines is 2. The zero-order valence-electron chi connectivity index (χ0n) is 13.8. The van der Waals surface area contributed by atoms with Gasteiger partial charge >= 0.3 is 0 Å². The Morgan fingerprint density at radius 3 is 2.17 bits per heavy atom. The van der Waals surface area contributed by atoms with Gasteiger partial charge in [-0.15, -0.1) is 0 Å². The number of aryl methyl sites for hydroxylation is 2. The van der Waals surface area contributed by atoms with Crippen molar-refractivity contribution < 1.29 is 0 Å². The number of nitrogens with zero attached hydrogens (tertiary/aromatic N) is 2. The summed E-state index contributed by atoms with van der Waals surface area (Å²) < 4.78 is 2.18. The summed E-state index contributed by atoms with van der Waals surface area (Å²) in [5.74, 6) is 0.830. The minimum Gasteiger partial charge on any atom is -0.325 e. The molecule has 0 spiro atoms. The maximum atomic E-state index is 4.90. The lowest BCUT2D eigenvalue weighted by atomic mass is 10.1. The number of rotatable bonds is 3. The zero-order valence-corrected chi connectivity index (χ0v) is 13.8. The minimum atomic E-state index is 0.830. The molecule has 118 valence electrons. The normalized spacial score (nSPS) is 10.9. The first-order valence-corrected chi connectivity index (χ1v) is 8.10. The standard InChI is InChI=1S/C21H19N3/c1-15-13-14-19-20(16(15)2)23-21(22-17-9-5-3-6-10-17)24(19)18-11-7-4-8-12-18/h3-14H,1-2H3,(H,22,23). The van der Waals surface area contributed by atoms with Gasteiger partial charge in [0.25, 0.3) is 0 Å². The SMILES string of the molecule is Cc1ccc2c(nc(Nc3ccccc3)n2-c2ccccc2)c1C. The summed E-state index contributed by atoms with van der Waals surface area (Å²) in [6, 6.07) is 24.8. The lowest BCUT2D eigenvalue weighted by molar-refractivity contribution is 1.10. The quantitative estimate of drug-likeness (QED) is 0.550. The molecule has 0 atom stereocenters. The summed E-state index contributed by atoms with van der Waals surface area (Å²) in [6.07, 6.45) is 0. The number of imidazole rings is 1. The first-order valence-electron chi connectivity index (χ1n) is 8.10. The Balaban J connectivity index is 1.96. The molecular weight excluding hydrogens is 294 g/mol. The van der Waals surface area contributed by atoms with Gasteiger partial charge in [0.2, 0.25) is 5.95 Å². The van der Waals surface area contributed by atoms with E-state index in [1.807, 2.05) is 36.4 Å². The first-order chi connectivity index (χ1) is 11.7. The highest BCUT2D eigenvalue weighted by Crippen LogP contribution is 2.29. The number of nitrogens with one attached hydrogen (secondary N) is 1. The fraction of sp³-hybridized carbons (Fsp3) is 0.0952. The Morgan fingerprint density at radius 2 is 1.46 bits per heavy atom. The van der Waals surface area contributed by atoms with Crippen LogP contribution in [0.4, 0.5) is 11.6 Å². The zero-order chi connectivity index (χ0) is 16.5. The first kappa shape index (κ1) is 14.5. The average Bonchev–Trinajstić information content (AvgIpc) is 2.98. The fourth-order valence-corrected chi connectivity index (χ4v) is 2.95. The van der Waals surface area contributed by atoms with E-state index in [0.29, 0.717) is 0 Å². The number of aromatic nitrogens is 2. The van der Waals surface area contributed by atoms with Crippen molar-refractivity contribution in [2.24, 2.45) is 0 Å². The van der Waals surface area contributed by atoms with Crippen LogP contribution >= 0.6 is 0 Å². The van der Waals surface area contributed by atoms with Crippen molar-refractivity contribution in [1.82, 2.24) is 9.55 Å². The van der Waals surface area contributed by atoms with Gasteiger partial charge in [0.05, 0.1) is 11.0 Å². The highest BCUT2D eigenvalue weighted by molar-refractivity contribution is 5.85. The van der Waals surface area contributed by atoms with Crippen LogP contribution in [-0.4, -0.2) is 9.55 Å². The van der Waals surface area contributed by atoms with Gasteiger partial charge in [0, 0.05) is 11.4 Å².